The smallest absolute Gasteiger partial charge is 0.0218 e. The first kappa shape index (κ1) is 6.05. The number of hydrogen-bond donors (Lipinski definition) is 2. The number of hydrogen-bond acceptors (Lipinski definition) is 2. The molecule has 8 heavy (non-hydrogen) atoms. The van der Waals surface area contributed by atoms with Crippen LogP contribution in [0.2, 0.25) is 0 Å². The molecule has 2 heteroatoms. The Morgan fingerprint density at radius 2 is 1.38 bits per heavy atom. The minimum absolute atomic E-state index is 0.736. The molecule has 0 amide bonds. The predicted octanol–water partition coefficient (Wildman–Crippen LogP) is -0.0438. The van der Waals surface area contributed by atoms with Gasteiger partial charge in [0.15, 0.2) is 0 Å². The van der Waals surface area contributed by atoms with E-state index in [-0.39, 0.29) is 0 Å². The summed E-state index contributed by atoms with van der Waals surface area (Å²) in [4.78, 5) is 0. The van der Waals surface area contributed by atoms with E-state index in [9.17, 15) is 0 Å². The molecule has 1 saturated carbocycles. The first-order valence-corrected chi connectivity index (χ1v) is 3.23. The van der Waals surface area contributed by atoms with Crippen molar-refractivity contribution in [2.24, 2.45) is 0 Å². The third kappa shape index (κ3) is 0.858. The van der Waals surface area contributed by atoms with Crippen molar-refractivity contribution in [3.05, 3.63) is 0 Å². The molecule has 1 aliphatic carbocycles. The highest BCUT2D eigenvalue weighted by Crippen LogP contribution is 2.18. The summed E-state index contributed by atoms with van der Waals surface area (Å²) in [7, 11) is 4.04. The van der Waals surface area contributed by atoms with Crippen molar-refractivity contribution in [3.8, 4) is 0 Å². The Labute approximate surface area is 50.7 Å². The van der Waals surface area contributed by atoms with Crippen LogP contribution < -0.4 is 10.6 Å². The Hall–Kier alpha value is -0.0800. The zero-order valence-corrected chi connectivity index (χ0v) is 5.57. The normalized spacial score (nSPS) is 36.8. The van der Waals surface area contributed by atoms with Gasteiger partial charge < -0.3 is 10.6 Å². The van der Waals surface area contributed by atoms with E-state index in [1.165, 1.54) is 12.8 Å². The zero-order valence-electron chi connectivity index (χ0n) is 5.57. The van der Waals surface area contributed by atoms with E-state index >= 15 is 0 Å². The van der Waals surface area contributed by atoms with Gasteiger partial charge in [0.1, 0.15) is 0 Å². The zero-order chi connectivity index (χ0) is 5.98. The molecule has 2 N–H and O–H groups in total. The molecule has 2 nitrogen and oxygen atoms in total. The van der Waals surface area contributed by atoms with Crippen LogP contribution in [-0.4, -0.2) is 26.2 Å². The lowest BCUT2D eigenvalue weighted by atomic mass is 9.87. The van der Waals surface area contributed by atoms with Crippen molar-refractivity contribution >= 4 is 0 Å². The Balaban J connectivity index is 2.16. The summed E-state index contributed by atoms with van der Waals surface area (Å²) in [5, 5.41) is 6.48. The monoisotopic (exact) mass is 114 g/mol. The number of likely N-dealkylation sites (N-methyl/N-ethyl adjacent to an activating group) is 2. The fourth-order valence-electron chi connectivity index (χ4n) is 1.19. The molecule has 2 atom stereocenters. The highest BCUT2D eigenvalue weighted by Gasteiger charge is 2.26. The summed E-state index contributed by atoms with van der Waals surface area (Å²) in [5.74, 6) is 0. The molecule has 0 aliphatic heterocycles. The van der Waals surface area contributed by atoms with Gasteiger partial charge in [-0.15, -0.1) is 0 Å². The molecule has 1 rings (SSSR count). The van der Waals surface area contributed by atoms with Crippen molar-refractivity contribution in [2.75, 3.05) is 14.1 Å². The van der Waals surface area contributed by atoms with Crippen LogP contribution >= 0.6 is 0 Å². The van der Waals surface area contributed by atoms with Gasteiger partial charge in [-0.1, -0.05) is 0 Å². The number of nitrogens with one attached hydrogen (secondary N) is 2. The molecule has 0 aromatic carbocycles. The number of rotatable bonds is 2. The highest BCUT2D eigenvalue weighted by molar-refractivity contribution is 4.90. The van der Waals surface area contributed by atoms with E-state index in [0.29, 0.717) is 0 Å². The summed E-state index contributed by atoms with van der Waals surface area (Å²) in [6.45, 7) is 0. The van der Waals surface area contributed by atoms with Crippen LogP contribution in [0.15, 0.2) is 0 Å². The van der Waals surface area contributed by atoms with Crippen LogP contribution in [0.3, 0.4) is 0 Å². The Morgan fingerprint density at radius 3 is 1.50 bits per heavy atom. The van der Waals surface area contributed by atoms with E-state index in [4.69, 9.17) is 0 Å². The quantitative estimate of drug-likeness (QED) is 0.526. The molecular weight excluding hydrogens is 100 g/mol. The maximum absolute atomic E-state index is 3.24. The van der Waals surface area contributed by atoms with Crippen molar-refractivity contribution in [1.82, 2.24) is 10.6 Å². The standard InChI is InChI=1S/C6H14N2/c1-7-5-3-4-6(5)8-2/h5-8H,3-4H2,1-2H3. The second-order valence-electron chi connectivity index (χ2n) is 2.37. The lowest BCUT2D eigenvalue weighted by Gasteiger charge is -2.35. The fraction of sp³-hybridized carbons (Fsp3) is 1.00. The van der Waals surface area contributed by atoms with Crippen LogP contribution in [0.25, 0.3) is 0 Å². The molecule has 48 valence electrons. The van der Waals surface area contributed by atoms with Gasteiger partial charge in [-0.2, -0.15) is 0 Å². The summed E-state index contributed by atoms with van der Waals surface area (Å²) < 4.78 is 0. The fourth-order valence-corrected chi connectivity index (χ4v) is 1.19. The first-order valence-electron chi connectivity index (χ1n) is 3.23. The molecule has 0 saturated heterocycles. The van der Waals surface area contributed by atoms with Gasteiger partial charge in [-0.3, -0.25) is 0 Å². The molecule has 0 radical (unpaired) electrons. The highest BCUT2D eigenvalue weighted by atomic mass is 15.0. The molecule has 1 fully saturated rings. The average Bonchev–Trinajstić information content (AvgIpc) is 1.66. The molecule has 0 aromatic rings. The van der Waals surface area contributed by atoms with Gasteiger partial charge >= 0.3 is 0 Å². The molecule has 0 spiro atoms. The summed E-state index contributed by atoms with van der Waals surface area (Å²) in [6, 6.07) is 1.47. The summed E-state index contributed by atoms with van der Waals surface area (Å²) >= 11 is 0. The van der Waals surface area contributed by atoms with E-state index in [2.05, 4.69) is 10.6 Å². The van der Waals surface area contributed by atoms with Crippen molar-refractivity contribution in [3.63, 3.8) is 0 Å². The summed E-state index contributed by atoms with van der Waals surface area (Å²) in [6.07, 6.45) is 2.67. The molecule has 0 aromatic heterocycles. The predicted molar refractivity (Wildman–Crippen MR) is 34.9 cm³/mol. The van der Waals surface area contributed by atoms with Crippen molar-refractivity contribution in [2.45, 2.75) is 24.9 Å². The Bertz CT molecular complexity index is 58.9. The van der Waals surface area contributed by atoms with Crippen molar-refractivity contribution in [1.29, 1.82) is 0 Å². The molecular formula is C6H14N2. The second-order valence-corrected chi connectivity index (χ2v) is 2.37. The lowest BCUT2D eigenvalue weighted by molar-refractivity contribution is 0.264. The molecule has 1 aliphatic rings. The van der Waals surface area contributed by atoms with E-state index < -0.39 is 0 Å². The topological polar surface area (TPSA) is 24.1 Å². The second kappa shape index (κ2) is 2.46. The molecule has 0 heterocycles. The van der Waals surface area contributed by atoms with Gasteiger partial charge in [0.25, 0.3) is 0 Å². The van der Waals surface area contributed by atoms with Gasteiger partial charge in [0.2, 0.25) is 0 Å². The van der Waals surface area contributed by atoms with E-state index in [1.807, 2.05) is 14.1 Å². The third-order valence-corrected chi connectivity index (χ3v) is 2.02. The molecule has 0 bridgehead atoms. The summed E-state index contributed by atoms with van der Waals surface area (Å²) in [5.41, 5.74) is 0. The first-order chi connectivity index (χ1) is 3.88. The van der Waals surface area contributed by atoms with Crippen LogP contribution in [0.1, 0.15) is 12.8 Å². The minimum Gasteiger partial charge on any atom is -0.315 e. The SMILES string of the molecule is CNC1CCC1NC. The van der Waals surface area contributed by atoms with Gasteiger partial charge in [-0.25, -0.2) is 0 Å². The van der Waals surface area contributed by atoms with Crippen LogP contribution in [0.5, 0.6) is 0 Å². The molecule has 2 unspecified atom stereocenters. The van der Waals surface area contributed by atoms with Crippen LogP contribution in [0.4, 0.5) is 0 Å². The largest absolute Gasteiger partial charge is 0.315 e. The maximum atomic E-state index is 3.24. The van der Waals surface area contributed by atoms with Crippen LogP contribution in [-0.2, 0) is 0 Å². The van der Waals surface area contributed by atoms with Gasteiger partial charge in [-0.05, 0) is 26.9 Å². The Morgan fingerprint density at radius 1 is 1.00 bits per heavy atom. The average molecular weight is 114 g/mol. The van der Waals surface area contributed by atoms with E-state index in [0.717, 1.165) is 12.1 Å². The third-order valence-electron chi connectivity index (χ3n) is 2.02. The Kier molecular flexibility index (Phi) is 1.86. The lowest BCUT2D eigenvalue weighted by Crippen LogP contribution is -2.52. The van der Waals surface area contributed by atoms with Gasteiger partial charge in [0, 0.05) is 12.1 Å². The van der Waals surface area contributed by atoms with Crippen LogP contribution in [0, 0.1) is 0 Å². The van der Waals surface area contributed by atoms with E-state index in [1.54, 1.807) is 0 Å². The maximum Gasteiger partial charge on any atom is 0.0218 e. The van der Waals surface area contributed by atoms with Crippen molar-refractivity contribution < 1.29 is 0 Å². The van der Waals surface area contributed by atoms with Gasteiger partial charge in [0.05, 0.1) is 0 Å². The minimum atomic E-state index is 0.736.